The van der Waals surface area contributed by atoms with Gasteiger partial charge in [0.15, 0.2) is 19.7 Å². The second kappa shape index (κ2) is 11.0. The van der Waals surface area contributed by atoms with E-state index >= 15 is 4.39 Å². The zero-order chi connectivity index (χ0) is 33.1. The fourth-order valence-electron chi connectivity index (χ4n) is 4.50. The number of sulfone groups is 2. The molecule has 1 aliphatic rings. The van der Waals surface area contributed by atoms with Gasteiger partial charge in [0.2, 0.25) is 11.8 Å². The molecule has 2 aromatic heterocycles. The summed E-state index contributed by atoms with van der Waals surface area (Å²) in [5.74, 6) is -3.44. The average Bonchev–Trinajstić information content (AvgIpc) is 3.43. The Morgan fingerprint density at radius 2 is 1.69 bits per heavy atom. The molecule has 0 saturated carbocycles. The lowest BCUT2D eigenvalue weighted by atomic mass is 10.0. The maximum atomic E-state index is 15.4. The lowest BCUT2D eigenvalue weighted by molar-refractivity contribution is -0.141. The molecule has 238 valence electrons. The van der Waals surface area contributed by atoms with Crippen LogP contribution in [0.1, 0.15) is 31.0 Å². The molecule has 45 heavy (non-hydrogen) atoms. The Labute approximate surface area is 254 Å². The number of halogens is 4. The fraction of sp³-hybridized carbons (Fsp3) is 0.286. The third kappa shape index (κ3) is 6.06. The zero-order valence-corrected chi connectivity index (χ0v) is 25.5. The largest absolute Gasteiger partial charge is 0.433 e. The van der Waals surface area contributed by atoms with Crippen molar-refractivity contribution in [1.82, 2.24) is 15.2 Å². The monoisotopic (exact) mass is 667 g/mol. The topological polar surface area (TPSA) is 166 Å². The minimum Gasteiger partial charge on any atom is -0.419 e. The molecule has 2 aromatic carbocycles. The minimum atomic E-state index is -4.59. The molecule has 4 aromatic rings. The number of hydrogen-bond donors (Lipinski definition) is 1. The van der Waals surface area contributed by atoms with Crippen LogP contribution in [0.3, 0.4) is 0 Å². The number of nitrogens with two attached hydrogens (primary N) is 1. The molecule has 11 nitrogen and oxygen atoms in total. The fourth-order valence-corrected chi connectivity index (χ4v) is 6.46. The standard InChI is InChI=1S/C28H25F4N5O6S2/c1-27(2,44(3,39)40)26-36-35-24(43-26)18-10-21-22(11-19(18)29)45(41,42)14-20(33)25(38)37(21)13-15-4-6-16(7-5-15)17-8-9-23(34-12-17)28(30,31)32/h4-12,20H,13-14,33H2,1-3H3/t20-/m0/s1. The molecule has 0 spiro atoms. The number of pyridine rings is 1. The van der Waals surface area contributed by atoms with Gasteiger partial charge in [0, 0.05) is 18.0 Å². The van der Waals surface area contributed by atoms with Gasteiger partial charge in [0.25, 0.3) is 5.89 Å². The van der Waals surface area contributed by atoms with Crippen LogP contribution in [0.2, 0.25) is 0 Å². The number of rotatable bonds is 6. The summed E-state index contributed by atoms with van der Waals surface area (Å²) in [7, 11) is -8.00. The first-order valence-electron chi connectivity index (χ1n) is 13.1. The van der Waals surface area contributed by atoms with E-state index in [2.05, 4.69) is 15.2 Å². The maximum absolute atomic E-state index is 15.4. The van der Waals surface area contributed by atoms with Crippen molar-refractivity contribution in [2.24, 2.45) is 5.73 Å². The molecule has 0 radical (unpaired) electrons. The first-order valence-corrected chi connectivity index (χ1v) is 16.6. The predicted molar refractivity (Wildman–Crippen MR) is 153 cm³/mol. The Bertz CT molecular complexity index is 2010. The Morgan fingerprint density at radius 3 is 2.27 bits per heavy atom. The number of benzene rings is 2. The van der Waals surface area contributed by atoms with Crippen molar-refractivity contribution < 1.29 is 43.6 Å². The van der Waals surface area contributed by atoms with Gasteiger partial charge in [-0.15, -0.1) is 10.2 Å². The summed E-state index contributed by atoms with van der Waals surface area (Å²) >= 11 is 0. The van der Waals surface area contributed by atoms with Crippen molar-refractivity contribution in [3.8, 4) is 22.6 Å². The Kier molecular flexibility index (Phi) is 7.86. The number of nitrogens with zero attached hydrogens (tertiary/aromatic N) is 4. The van der Waals surface area contributed by atoms with E-state index in [1.165, 1.54) is 19.9 Å². The van der Waals surface area contributed by atoms with E-state index in [4.69, 9.17) is 10.2 Å². The molecular weight excluding hydrogens is 642 g/mol. The molecule has 0 saturated heterocycles. The lowest BCUT2D eigenvalue weighted by Crippen LogP contribution is -2.45. The van der Waals surface area contributed by atoms with Crippen LogP contribution in [-0.4, -0.2) is 56.0 Å². The Hall–Kier alpha value is -4.22. The van der Waals surface area contributed by atoms with E-state index in [9.17, 15) is 34.8 Å². The third-order valence-corrected chi connectivity index (χ3v) is 11.3. The molecule has 17 heteroatoms. The molecular formula is C28H25F4N5O6S2. The number of carbonyl (C=O) groups is 1. The van der Waals surface area contributed by atoms with Crippen molar-refractivity contribution in [2.75, 3.05) is 16.9 Å². The second-order valence-corrected chi connectivity index (χ2v) is 15.5. The lowest BCUT2D eigenvalue weighted by Gasteiger charge is -2.25. The van der Waals surface area contributed by atoms with Crippen LogP contribution in [0.15, 0.2) is 64.0 Å². The number of alkyl halides is 3. The number of anilines is 1. The summed E-state index contributed by atoms with van der Waals surface area (Å²) < 4.78 is 109. The van der Waals surface area contributed by atoms with E-state index in [1.807, 2.05) is 0 Å². The number of hydrogen-bond acceptors (Lipinski definition) is 10. The van der Waals surface area contributed by atoms with E-state index in [-0.39, 0.29) is 23.7 Å². The molecule has 0 unspecified atom stereocenters. The minimum absolute atomic E-state index is 0.220. The van der Waals surface area contributed by atoms with E-state index in [0.29, 0.717) is 22.8 Å². The van der Waals surface area contributed by atoms with Gasteiger partial charge in [-0.3, -0.25) is 9.78 Å². The number of amides is 1. The van der Waals surface area contributed by atoms with Gasteiger partial charge >= 0.3 is 6.18 Å². The van der Waals surface area contributed by atoms with Crippen LogP contribution in [0.4, 0.5) is 23.2 Å². The molecule has 2 N–H and O–H groups in total. The van der Waals surface area contributed by atoms with Crippen LogP contribution in [0.25, 0.3) is 22.6 Å². The summed E-state index contributed by atoms with van der Waals surface area (Å²) in [4.78, 5) is 17.4. The molecule has 3 heterocycles. The third-order valence-electron chi connectivity index (χ3n) is 7.44. The summed E-state index contributed by atoms with van der Waals surface area (Å²) in [5.41, 5.74) is 5.70. The number of carbonyl (C=O) groups excluding carboxylic acids is 1. The van der Waals surface area contributed by atoms with Crippen LogP contribution in [0.5, 0.6) is 0 Å². The first-order chi connectivity index (χ1) is 20.8. The van der Waals surface area contributed by atoms with Crippen molar-refractivity contribution in [3.63, 3.8) is 0 Å². The summed E-state index contributed by atoms with van der Waals surface area (Å²) in [6.07, 6.45) is -2.55. The van der Waals surface area contributed by atoms with Crippen molar-refractivity contribution >= 4 is 31.3 Å². The van der Waals surface area contributed by atoms with E-state index < -0.39 is 70.6 Å². The van der Waals surface area contributed by atoms with E-state index in [1.54, 1.807) is 24.3 Å². The van der Waals surface area contributed by atoms with Crippen LogP contribution >= 0.6 is 0 Å². The van der Waals surface area contributed by atoms with Crippen LogP contribution < -0.4 is 10.6 Å². The van der Waals surface area contributed by atoms with Gasteiger partial charge in [-0.2, -0.15) is 13.2 Å². The summed E-state index contributed by atoms with van der Waals surface area (Å²) in [6.45, 7) is 2.42. The quantitative estimate of drug-likeness (QED) is 0.298. The molecule has 1 aliphatic heterocycles. The highest BCUT2D eigenvalue weighted by Gasteiger charge is 2.40. The number of aromatic nitrogens is 3. The highest BCUT2D eigenvalue weighted by Crippen LogP contribution is 2.38. The summed E-state index contributed by atoms with van der Waals surface area (Å²) in [6, 6.07) is 8.70. The van der Waals surface area contributed by atoms with Crippen molar-refractivity contribution in [3.05, 3.63) is 77.7 Å². The summed E-state index contributed by atoms with van der Waals surface area (Å²) in [5, 5.41) is 7.52. The predicted octanol–water partition coefficient (Wildman–Crippen LogP) is 3.88. The first kappa shape index (κ1) is 32.2. The van der Waals surface area contributed by atoms with Gasteiger partial charge < -0.3 is 15.1 Å². The highest BCUT2D eigenvalue weighted by molar-refractivity contribution is 7.92. The van der Waals surface area contributed by atoms with Crippen LogP contribution in [0, 0.1) is 5.82 Å². The zero-order valence-electron chi connectivity index (χ0n) is 23.8. The van der Waals surface area contributed by atoms with Gasteiger partial charge in [-0.1, -0.05) is 30.3 Å². The molecule has 1 atom stereocenters. The maximum Gasteiger partial charge on any atom is 0.433 e. The van der Waals surface area contributed by atoms with Gasteiger partial charge in [-0.25, -0.2) is 21.2 Å². The van der Waals surface area contributed by atoms with Crippen molar-refractivity contribution in [1.29, 1.82) is 0 Å². The second-order valence-electron chi connectivity index (χ2n) is 10.9. The van der Waals surface area contributed by atoms with Crippen LogP contribution in [-0.2, 0) is 41.9 Å². The normalized spacial score (nSPS) is 17.2. The molecule has 0 bridgehead atoms. The van der Waals surface area contributed by atoms with Gasteiger partial charge in [0.1, 0.15) is 16.3 Å². The van der Waals surface area contributed by atoms with Gasteiger partial charge in [-0.05, 0) is 43.2 Å². The van der Waals surface area contributed by atoms with Crippen molar-refractivity contribution in [2.45, 2.75) is 42.3 Å². The Morgan fingerprint density at radius 1 is 1.04 bits per heavy atom. The smallest absolute Gasteiger partial charge is 0.419 e. The molecule has 0 aliphatic carbocycles. The SMILES string of the molecule is CC(C)(c1nnc(-c2cc3c(cc2F)S(=O)(=O)C[C@H](N)C(=O)N3Cc2ccc(-c3ccc(C(F)(F)F)nc3)cc2)o1)S(C)(=O)=O. The molecule has 1 amide bonds. The van der Waals surface area contributed by atoms with E-state index in [0.717, 1.165) is 29.5 Å². The Balaban J connectivity index is 1.54. The molecule has 0 fully saturated rings. The highest BCUT2D eigenvalue weighted by atomic mass is 32.2. The van der Waals surface area contributed by atoms with Gasteiger partial charge in [0.05, 0.1) is 34.5 Å². The number of fused-ring (bicyclic) bond motifs is 1. The molecule has 5 rings (SSSR count). The average molecular weight is 668 g/mol.